The number of carbonyl (C=O) groups excluding carboxylic acids is 4. The van der Waals surface area contributed by atoms with Crippen LogP contribution in [0.25, 0.3) is 0 Å². The second kappa shape index (κ2) is 8.89. The summed E-state index contributed by atoms with van der Waals surface area (Å²) in [4.78, 5) is 52.2. The van der Waals surface area contributed by atoms with Crippen LogP contribution in [0.1, 0.15) is 30.3 Å². The Hall–Kier alpha value is -3.56. The highest BCUT2D eigenvalue weighted by molar-refractivity contribution is 6.37. The fourth-order valence-corrected chi connectivity index (χ4v) is 2.86. The molecular formula is C18H19N5O5. The fourth-order valence-electron chi connectivity index (χ4n) is 2.86. The van der Waals surface area contributed by atoms with Crippen LogP contribution in [0.2, 0.25) is 0 Å². The van der Waals surface area contributed by atoms with E-state index in [4.69, 9.17) is 4.74 Å². The summed E-state index contributed by atoms with van der Waals surface area (Å²) in [5, 5.41) is 11.1. The van der Waals surface area contributed by atoms with E-state index in [1.54, 1.807) is 12.1 Å². The number of ketones is 2. The summed E-state index contributed by atoms with van der Waals surface area (Å²) < 4.78 is 5.14. The highest BCUT2D eigenvalue weighted by atomic mass is 16.5. The van der Waals surface area contributed by atoms with Gasteiger partial charge in [0, 0.05) is 18.9 Å². The van der Waals surface area contributed by atoms with Gasteiger partial charge in [0.05, 0.1) is 0 Å². The average molecular weight is 385 g/mol. The van der Waals surface area contributed by atoms with Gasteiger partial charge in [-0.3, -0.25) is 19.5 Å². The molecule has 0 spiro atoms. The van der Waals surface area contributed by atoms with Gasteiger partial charge in [-0.25, -0.2) is 9.78 Å². The summed E-state index contributed by atoms with van der Waals surface area (Å²) in [6, 6.07) is 7.90. The third kappa shape index (κ3) is 4.78. The van der Waals surface area contributed by atoms with E-state index in [1.807, 2.05) is 18.2 Å². The standard InChI is InChI=1S/C18H19N5O5/c24-13(8-12-6-7-19-17(26)15(12)25)14(16-20-10-21-23-16)22-18(27)28-9-11-4-2-1-3-5-11/h1-5,10,12,14H,6-9H2,(H,19,26)(H,22,27)(H,20,21,23). The van der Waals surface area contributed by atoms with E-state index in [0.717, 1.165) is 5.56 Å². The number of rotatable bonds is 7. The van der Waals surface area contributed by atoms with Gasteiger partial charge in [0.15, 0.2) is 17.6 Å². The molecule has 1 aliphatic heterocycles. The van der Waals surface area contributed by atoms with Crippen LogP contribution in [0.15, 0.2) is 36.7 Å². The number of aromatic nitrogens is 3. The van der Waals surface area contributed by atoms with E-state index in [0.29, 0.717) is 13.0 Å². The van der Waals surface area contributed by atoms with Gasteiger partial charge in [0.25, 0.3) is 5.91 Å². The van der Waals surface area contributed by atoms with Gasteiger partial charge >= 0.3 is 6.09 Å². The third-order valence-corrected chi connectivity index (χ3v) is 4.32. The molecule has 0 radical (unpaired) electrons. The van der Waals surface area contributed by atoms with Gasteiger partial charge in [-0.2, -0.15) is 5.10 Å². The predicted molar refractivity (Wildman–Crippen MR) is 94.6 cm³/mol. The molecule has 2 unspecified atom stereocenters. The van der Waals surface area contributed by atoms with Crippen molar-refractivity contribution < 1.29 is 23.9 Å². The molecule has 28 heavy (non-hydrogen) atoms. The Kier molecular flexibility index (Phi) is 6.10. The zero-order chi connectivity index (χ0) is 19.9. The van der Waals surface area contributed by atoms with Crippen molar-refractivity contribution in [1.29, 1.82) is 0 Å². The lowest BCUT2D eigenvalue weighted by molar-refractivity contribution is -0.143. The number of hydrogen-bond acceptors (Lipinski definition) is 7. The first kappa shape index (κ1) is 19.2. The molecule has 2 aromatic rings. The molecule has 0 saturated carbocycles. The van der Waals surface area contributed by atoms with E-state index in [1.165, 1.54) is 6.33 Å². The molecule has 3 N–H and O–H groups in total. The Morgan fingerprint density at radius 3 is 2.75 bits per heavy atom. The molecule has 1 aromatic heterocycles. The number of amides is 2. The number of hydrogen-bond donors (Lipinski definition) is 3. The molecule has 10 nitrogen and oxygen atoms in total. The Balaban J connectivity index is 1.64. The maximum Gasteiger partial charge on any atom is 0.408 e. The number of nitrogens with one attached hydrogen (secondary N) is 3. The van der Waals surface area contributed by atoms with Gasteiger partial charge in [-0.1, -0.05) is 30.3 Å². The summed E-state index contributed by atoms with van der Waals surface area (Å²) in [6.45, 7) is 0.354. The van der Waals surface area contributed by atoms with Crippen molar-refractivity contribution in [2.24, 2.45) is 5.92 Å². The van der Waals surface area contributed by atoms with Crippen LogP contribution in [0, 0.1) is 5.92 Å². The minimum atomic E-state index is -1.16. The van der Waals surface area contributed by atoms with Gasteiger partial charge < -0.3 is 15.4 Å². The Morgan fingerprint density at radius 1 is 1.25 bits per heavy atom. The van der Waals surface area contributed by atoms with Crippen molar-refractivity contribution in [1.82, 2.24) is 25.8 Å². The van der Waals surface area contributed by atoms with Gasteiger partial charge in [0.1, 0.15) is 12.9 Å². The lowest BCUT2D eigenvalue weighted by Gasteiger charge is -2.22. The molecule has 0 bridgehead atoms. The largest absolute Gasteiger partial charge is 0.445 e. The van der Waals surface area contributed by atoms with E-state index in [9.17, 15) is 19.2 Å². The fraction of sp³-hybridized carbons (Fsp3) is 0.333. The number of ether oxygens (including phenoxy) is 1. The number of Topliss-reactive ketones (excluding diaryl/α,β-unsaturated/α-hetero) is 2. The Morgan fingerprint density at radius 2 is 2.04 bits per heavy atom. The van der Waals surface area contributed by atoms with Crippen molar-refractivity contribution in [2.75, 3.05) is 6.54 Å². The first-order valence-corrected chi connectivity index (χ1v) is 8.72. The van der Waals surface area contributed by atoms with Gasteiger partial charge in [0.2, 0.25) is 5.78 Å². The summed E-state index contributed by atoms with van der Waals surface area (Å²) in [5.41, 5.74) is 0.791. The van der Waals surface area contributed by atoms with Crippen molar-refractivity contribution in [3.05, 3.63) is 48.0 Å². The van der Waals surface area contributed by atoms with E-state index in [2.05, 4.69) is 25.8 Å². The van der Waals surface area contributed by atoms with E-state index >= 15 is 0 Å². The zero-order valence-electron chi connectivity index (χ0n) is 14.9. The number of benzene rings is 1. The van der Waals surface area contributed by atoms with Crippen molar-refractivity contribution in [3.63, 3.8) is 0 Å². The van der Waals surface area contributed by atoms with Crippen LogP contribution in [0.4, 0.5) is 4.79 Å². The molecule has 0 aliphatic carbocycles. The average Bonchev–Trinajstić information content (AvgIpc) is 3.23. The van der Waals surface area contributed by atoms with Crippen molar-refractivity contribution in [2.45, 2.75) is 25.5 Å². The smallest absolute Gasteiger partial charge is 0.408 e. The molecule has 2 atom stereocenters. The minimum Gasteiger partial charge on any atom is -0.445 e. The predicted octanol–water partition coefficient (Wildman–Crippen LogP) is 0.437. The number of H-pyrrole nitrogens is 1. The monoisotopic (exact) mass is 385 g/mol. The highest BCUT2D eigenvalue weighted by Crippen LogP contribution is 2.20. The van der Waals surface area contributed by atoms with E-state index < -0.39 is 35.5 Å². The van der Waals surface area contributed by atoms with Crippen LogP contribution < -0.4 is 10.6 Å². The molecule has 146 valence electrons. The molecule has 1 aliphatic rings. The number of carbonyl (C=O) groups is 4. The van der Waals surface area contributed by atoms with Crippen molar-refractivity contribution >= 4 is 23.6 Å². The molecule has 1 fully saturated rings. The summed E-state index contributed by atoms with van der Waals surface area (Å²) in [6.07, 6.45) is 0.548. The van der Waals surface area contributed by atoms with E-state index in [-0.39, 0.29) is 18.9 Å². The Labute approximate surface area is 160 Å². The van der Waals surface area contributed by atoms with Crippen LogP contribution in [0.3, 0.4) is 0 Å². The van der Waals surface area contributed by atoms with Crippen LogP contribution in [-0.4, -0.2) is 45.3 Å². The molecule has 3 rings (SSSR count). The van der Waals surface area contributed by atoms with Crippen molar-refractivity contribution in [3.8, 4) is 0 Å². The molecular weight excluding hydrogens is 366 g/mol. The lowest BCUT2D eigenvalue weighted by atomic mass is 9.89. The molecule has 1 saturated heterocycles. The topological polar surface area (TPSA) is 143 Å². The number of alkyl carbamates (subject to hydrolysis) is 1. The Bertz CT molecular complexity index is 853. The van der Waals surface area contributed by atoms with Crippen LogP contribution in [0.5, 0.6) is 0 Å². The molecule has 2 heterocycles. The number of aromatic amines is 1. The third-order valence-electron chi connectivity index (χ3n) is 4.32. The SMILES string of the molecule is O=C(NC(C(=O)CC1CCNC(=O)C1=O)c1ncn[nH]1)OCc1ccccc1. The zero-order valence-corrected chi connectivity index (χ0v) is 14.9. The molecule has 1 aromatic carbocycles. The first-order chi connectivity index (χ1) is 13.5. The molecule has 10 heteroatoms. The second-order valence-electron chi connectivity index (χ2n) is 6.29. The normalized spacial score (nSPS) is 17.5. The van der Waals surface area contributed by atoms with Gasteiger partial charge in [-0.05, 0) is 12.0 Å². The second-order valence-corrected chi connectivity index (χ2v) is 6.29. The quantitative estimate of drug-likeness (QED) is 0.587. The first-order valence-electron chi connectivity index (χ1n) is 8.72. The van der Waals surface area contributed by atoms with Gasteiger partial charge in [-0.15, -0.1) is 0 Å². The van der Waals surface area contributed by atoms with Crippen LogP contribution in [-0.2, 0) is 25.7 Å². The minimum absolute atomic E-state index is 0.0330. The summed E-state index contributed by atoms with van der Waals surface area (Å²) in [7, 11) is 0. The molecule has 2 amide bonds. The summed E-state index contributed by atoms with van der Waals surface area (Å²) in [5.74, 6) is -2.41. The maximum atomic E-state index is 12.7. The lowest BCUT2D eigenvalue weighted by Crippen LogP contribution is -2.44. The highest BCUT2D eigenvalue weighted by Gasteiger charge is 2.34. The maximum absolute atomic E-state index is 12.7. The number of nitrogens with zero attached hydrogens (tertiary/aromatic N) is 2. The summed E-state index contributed by atoms with van der Waals surface area (Å²) >= 11 is 0. The van der Waals surface area contributed by atoms with Crippen LogP contribution >= 0.6 is 0 Å². The number of piperidine rings is 1.